The third-order valence-electron chi connectivity index (χ3n) is 0.808. The van der Waals surface area contributed by atoms with Gasteiger partial charge in [0.05, 0.1) is 6.26 Å². The first-order valence-corrected chi connectivity index (χ1v) is 4.14. The third kappa shape index (κ3) is 6.31. The lowest BCUT2D eigenvalue weighted by Crippen LogP contribution is -2.09. The van der Waals surface area contributed by atoms with Gasteiger partial charge in [-0.2, -0.15) is 0 Å². The summed E-state index contributed by atoms with van der Waals surface area (Å²) in [5.74, 6) is 1.33. The SMILES string of the molecule is CNCCC[SH+]C. The summed E-state index contributed by atoms with van der Waals surface area (Å²) in [6, 6.07) is 0. The average Bonchev–Trinajstić information content (AvgIpc) is 1.69. The molecule has 0 aromatic carbocycles. The topological polar surface area (TPSA) is 12.0 Å². The quantitative estimate of drug-likeness (QED) is 0.314. The van der Waals surface area contributed by atoms with E-state index in [2.05, 4.69) is 11.6 Å². The van der Waals surface area contributed by atoms with Crippen LogP contribution in [0.5, 0.6) is 0 Å². The Morgan fingerprint density at radius 3 is 2.71 bits per heavy atom. The highest BCUT2D eigenvalue weighted by molar-refractivity contribution is 7.77. The van der Waals surface area contributed by atoms with Gasteiger partial charge in [0.1, 0.15) is 5.75 Å². The first kappa shape index (κ1) is 7.31. The van der Waals surface area contributed by atoms with Crippen molar-refractivity contribution in [2.24, 2.45) is 0 Å². The molecule has 0 bridgehead atoms. The lowest BCUT2D eigenvalue weighted by atomic mass is 10.5. The van der Waals surface area contributed by atoms with Crippen LogP contribution >= 0.6 is 0 Å². The van der Waals surface area contributed by atoms with Gasteiger partial charge in [0.25, 0.3) is 0 Å². The Morgan fingerprint density at radius 1 is 1.57 bits per heavy atom. The largest absolute Gasteiger partial charge is 0.320 e. The number of nitrogens with one attached hydrogen (secondary N) is 1. The van der Waals surface area contributed by atoms with E-state index in [0.29, 0.717) is 0 Å². The van der Waals surface area contributed by atoms with Crippen molar-refractivity contribution in [2.75, 3.05) is 25.6 Å². The van der Waals surface area contributed by atoms with Crippen molar-refractivity contribution in [1.29, 1.82) is 0 Å². The van der Waals surface area contributed by atoms with Crippen LogP contribution in [0.3, 0.4) is 0 Å². The summed E-state index contributed by atoms with van der Waals surface area (Å²) in [6.45, 7) is 1.17. The molecule has 0 radical (unpaired) electrons. The van der Waals surface area contributed by atoms with E-state index in [9.17, 15) is 0 Å². The molecule has 0 saturated carbocycles. The molecule has 0 spiro atoms. The molecular weight excluding hydrogens is 106 g/mol. The van der Waals surface area contributed by atoms with Crippen LogP contribution in [0.15, 0.2) is 0 Å². The summed E-state index contributed by atoms with van der Waals surface area (Å²) in [6.07, 6.45) is 3.50. The second-order valence-corrected chi connectivity index (χ2v) is 2.58. The number of hydrogen-bond donors (Lipinski definition) is 1. The van der Waals surface area contributed by atoms with E-state index in [-0.39, 0.29) is 0 Å². The van der Waals surface area contributed by atoms with Gasteiger partial charge in [-0.3, -0.25) is 0 Å². The molecule has 2 heteroatoms. The molecule has 0 aliphatic rings. The van der Waals surface area contributed by atoms with Gasteiger partial charge >= 0.3 is 0 Å². The number of hydrogen-bond acceptors (Lipinski definition) is 1. The van der Waals surface area contributed by atoms with Crippen LogP contribution in [-0.2, 0) is 11.8 Å². The summed E-state index contributed by atoms with van der Waals surface area (Å²) in [5, 5.41) is 3.10. The zero-order chi connectivity index (χ0) is 5.54. The lowest BCUT2D eigenvalue weighted by molar-refractivity contribution is 0.778. The van der Waals surface area contributed by atoms with Crippen molar-refractivity contribution >= 4 is 11.8 Å². The van der Waals surface area contributed by atoms with Crippen LogP contribution in [0.4, 0.5) is 0 Å². The van der Waals surface area contributed by atoms with Crippen molar-refractivity contribution < 1.29 is 0 Å². The van der Waals surface area contributed by atoms with E-state index in [4.69, 9.17) is 0 Å². The molecule has 0 unspecified atom stereocenters. The van der Waals surface area contributed by atoms with E-state index >= 15 is 0 Å². The van der Waals surface area contributed by atoms with Crippen LogP contribution < -0.4 is 5.32 Å². The van der Waals surface area contributed by atoms with Gasteiger partial charge in [-0.05, 0) is 25.4 Å². The summed E-state index contributed by atoms with van der Waals surface area (Å²) in [5.41, 5.74) is 0. The smallest absolute Gasteiger partial charge is 0.106 e. The first-order chi connectivity index (χ1) is 3.41. The van der Waals surface area contributed by atoms with Gasteiger partial charge < -0.3 is 5.32 Å². The van der Waals surface area contributed by atoms with Crippen LogP contribution in [-0.4, -0.2) is 25.6 Å². The Balaban J connectivity index is 2.45. The number of thiol groups is 1. The van der Waals surface area contributed by atoms with Crippen molar-refractivity contribution in [3.8, 4) is 0 Å². The molecule has 0 aromatic rings. The Hall–Kier alpha value is 0.310. The van der Waals surface area contributed by atoms with Crippen LogP contribution in [0.2, 0.25) is 0 Å². The summed E-state index contributed by atoms with van der Waals surface area (Å²) < 4.78 is 0. The fraction of sp³-hybridized carbons (Fsp3) is 1.00. The predicted octanol–water partition coefficient (Wildman–Crippen LogP) is 0.0406. The molecule has 0 rings (SSSR count). The fourth-order valence-corrected chi connectivity index (χ4v) is 0.888. The summed E-state index contributed by atoms with van der Waals surface area (Å²) in [4.78, 5) is 0. The maximum absolute atomic E-state index is 3.10. The van der Waals surface area contributed by atoms with Crippen LogP contribution in [0, 0.1) is 0 Å². The monoisotopic (exact) mass is 120 g/mol. The molecule has 0 aromatic heterocycles. The lowest BCUT2D eigenvalue weighted by Gasteiger charge is -1.89. The standard InChI is InChI=1S/C5H13NS/c1-6-4-3-5-7-2/h6H,3-5H2,1-2H3/p+1. The molecule has 1 N–H and O–H groups in total. The normalized spacial score (nSPS) is 9.43. The van der Waals surface area contributed by atoms with E-state index in [0.717, 1.165) is 0 Å². The third-order valence-corrected chi connectivity index (χ3v) is 1.57. The van der Waals surface area contributed by atoms with Gasteiger partial charge in [-0.25, -0.2) is 0 Å². The van der Waals surface area contributed by atoms with E-state index in [1.54, 1.807) is 0 Å². The molecular formula is C5H14NS+. The molecule has 0 fully saturated rings. The molecule has 0 heterocycles. The van der Waals surface area contributed by atoms with Gasteiger partial charge in [0.15, 0.2) is 0 Å². The van der Waals surface area contributed by atoms with E-state index < -0.39 is 0 Å². The van der Waals surface area contributed by atoms with Crippen molar-refractivity contribution in [3.05, 3.63) is 0 Å². The molecule has 7 heavy (non-hydrogen) atoms. The molecule has 0 aliphatic carbocycles. The minimum atomic E-state index is 1.17. The van der Waals surface area contributed by atoms with Crippen LogP contribution in [0.25, 0.3) is 0 Å². The molecule has 1 nitrogen and oxygen atoms in total. The highest BCUT2D eigenvalue weighted by Crippen LogP contribution is 1.74. The molecule has 44 valence electrons. The fourth-order valence-electron chi connectivity index (χ4n) is 0.414. The minimum Gasteiger partial charge on any atom is -0.320 e. The van der Waals surface area contributed by atoms with Crippen molar-refractivity contribution in [3.63, 3.8) is 0 Å². The van der Waals surface area contributed by atoms with Gasteiger partial charge in [0.2, 0.25) is 0 Å². The van der Waals surface area contributed by atoms with Gasteiger partial charge in [-0.15, -0.1) is 0 Å². The Kier molecular flexibility index (Phi) is 6.59. The highest BCUT2D eigenvalue weighted by atomic mass is 32.2. The van der Waals surface area contributed by atoms with Crippen molar-refractivity contribution in [1.82, 2.24) is 5.32 Å². The Morgan fingerprint density at radius 2 is 2.29 bits per heavy atom. The summed E-state index contributed by atoms with van der Waals surface area (Å²) in [7, 11) is 1.99. The average molecular weight is 120 g/mol. The molecule has 0 aliphatic heterocycles. The van der Waals surface area contributed by atoms with Crippen molar-refractivity contribution in [2.45, 2.75) is 6.42 Å². The zero-order valence-corrected chi connectivity index (χ0v) is 5.96. The summed E-state index contributed by atoms with van der Waals surface area (Å²) >= 11 is 1.51. The highest BCUT2D eigenvalue weighted by Gasteiger charge is 1.85. The molecule has 0 saturated heterocycles. The van der Waals surface area contributed by atoms with Crippen LogP contribution in [0.1, 0.15) is 6.42 Å². The van der Waals surface area contributed by atoms with E-state index in [1.807, 2.05) is 7.05 Å². The zero-order valence-electron chi connectivity index (χ0n) is 5.07. The van der Waals surface area contributed by atoms with Gasteiger partial charge in [0, 0.05) is 6.42 Å². The Labute approximate surface area is 49.9 Å². The number of rotatable bonds is 4. The van der Waals surface area contributed by atoms with E-state index in [1.165, 1.54) is 30.5 Å². The molecule has 0 atom stereocenters. The second-order valence-electron chi connectivity index (χ2n) is 1.50. The maximum atomic E-state index is 3.10. The first-order valence-electron chi connectivity index (χ1n) is 2.62. The predicted molar refractivity (Wildman–Crippen MR) is 38.1 cm³/mol. The Bertz CT molecular complexity index is 27.3. The second kappa shape index (κ2) is 6.31. The minimum absolute atomic E-state index is 1.17. The maximum Gasteiger partial charge on any atom is 0.106 e. The van der Waals surface area contributed by atoms with Gasteiger partial charge in [-0.1, -0.05) is 0 Å². The molecule has 0 amide bonds.